The molecule has 0 spiro atoms. The van der Waals surface area contributed by atoms with Gasteiger partial charge in [-0.3, -0.25) is 9.69 Å². The summed E-state index contributed by atoms with van der Waals surface area (Å²) >= 11 is 0. The molecule has 2 bridgehead atoms. The normalized spacial score (nSPS) is 22.1. The SMILES string of the molecule is COc1ccc(C(=O)N2C[C@@H]3COC[C@H](C2)N(C)C3)c(OCCN)c1.Cl.Cl. The largest absolute Gasteiger partial charge is 0.497 e. The maximum atomic E-state index is 13.2. The number of rotatable bonds is 5. The molecule has 2 saturated heterocycles. The Bertz CT molecular complexity index is 620. The molecule has 0 aliphatic carbocycles. The van der Waals surface area contributed by atoms with Crippen molar-refractivity contribution in [2.75, 3.05) is 60.2 Å². The van der Waals surface area contributed by atoms with E-state index < -0.39 is 0 Å². The number of ether oxygens (including phenoxy) is 3. The smallest absolute Gasteiger partial charge is 0.257 e. The van der Waals surface area contributed by atoms with Crippen LogP contribution in [-0.4, -0.2) is 81.9 Å². The van der Waals surface area contributed by atoms with Gasteiger partial charge in [-0.1, -0.05) is 0 Å². The molecule has 2 atom stereocenters. The summed E-state index contributed by atoms with van der Waals surface area (Å²) in [5.41, 5.74) is 6.10. The van der Waals surface area contributed by atoms with Gasteiger partial charge in [0.1, 0.15) is 18.1 Å². The van der Waals surface area contributed by atoms with Gasteiger partial charge in [0.25, 0.3) is 5.91 Å². The van der Waals surface area contributed by atoms with Crippen LogP contribution < -0.4 is 15.2 Å². The average Bonchev–Trinajstić information content (AvgIpc) is 2.87. The van der Waals surface area contributed by atoms with E-state index in [1.807, 2.05) is 4.90 Å². The Hall–Kier alpha value is -1.25. The Morgan fingerprint density at radius 1 is 1.26 bits per heavy atom. The highest BCUT2D eigenvalue weighted by atomic mass is 35.5. The maximum absolute atomic E-state index is 13.2. The number of halogens is 2. The summed E-state index contributed by atoms with van der Waals surface area (Å²) in [5.74, 6) is 1.49. The molecule has 3 rings (SSSR count). The van der Waals surface area contributed by atoms with E-state index in [1.54, 1.807) is 25.3 Å². The molecule has 2 fully saturated rings. The molecule has 0 radical (unpaired) electrons. The van der Waals surface area contributed by atoms with E-state index in [4.69, 9.17) is 19.9 Å². The third kappa shape index (κ3) is 5.62. The standard InChI is InChI=1S/C18H27N3O4.2ClH/c1-20-8-13-9-21(10-14(20)12-24-11-13)18(22)16-4-3-15(23-2)7-17(16)25-6-5-19;;/h3-4,7,13-14H,5-6,8-12,19H2,1-2H3;2*1H/t13-,14+;;/m1../s1. The second kappa shape index (κ2) is 10.9. The predicted octanol–water partition coefficient (Wildman–Crippen LogP) is 1.28. The highest BCUT2D eigenvalue weighted by molar-refractivity contribution is 5.97. The van der Waals surface area contributed by atoms with Gasteiger partial charge in [-0.2, -0.15) is 0 Å². The van der Waals surface area contributed by atoms with Crippen molar-refractivity contribution < 1.29 is 19.0 Å². The van der Waals surface area contributed by atoms with Crippen LogP contribution >= 0.6 is 24.8 Å². The monoisotopic (exact) mass is 421 g/mol. The molecule has 0 saturated carbocycles. The van der Waals surface area contributed by atoms with Crippen molar-refractivity contribution in [2.45, 2.75) is 6.04 Å². The topological polar surface area (TPSA) is 77.3 Å². The molecule has 7 nitrogen and oxygen atoms in total. The van der Waals surface area contributed by atoms with Crippen molar-refractivity contribution in [3.63, 3.8) is 0 Å². The summed E-state index contributed by atoms with van der Waals surface area (Å²) in [4.78, 5) is 17.4. The number of nitrogens with zero attached hydrogens (tertiary/aromatic N) is 2. The Morgan fingerprint density at radius 2 is 2.04 bits per heavy atom. The molecule has 1 aromatic rings. The minimum atomic E-state index is -0.0122. The first-order valence-electron chi connectivity index (χ1n) is 8.70. The van der Waals surface area contributed by atoms with E-state index in [2.05, 4.69) is 11.9 Å². The molecule has 2 aliphatic heterocycles. The van der Waals surface area contributed by atoms with Gasteiger partial charge in [-0.25, -0.2) is 0 Å². The van der Waals surface area contributed by atoms with Crippen LogP contribution in [0.5, 0.6) is 11.5 Å². The summed E-state index contributed by atoms with van der Waals surface area (Å²) in [7, 11) is 3.69. The van der Waals surface area contributed by atoms with Gasteiger partial charge in [0, 0.05) is 38.2 Å². The van der Waals surface area contributed by atoms with Gasteiger partial charge in [0.15, 0.2) is 0 Å². The first-order valence-corrected chi connectivity index (χ1v) is 8.70. The lowest BCUT2D eigenvalue weighted by atomic mass is 10.1. The number of carbonyl (C=O) groups is 1. The third-order valence-corrected chi connectivity index (χ3v) is 4.82. The summed E-state index contributed by atoms with van der Waals surface area (Å²) in [6.07, 6.45) is 0. The highest BCUT2D eigenvalue weighted by Gasteiger charge is 2.34. The Morgan fingerprint density at radius 3 is 2.74 bits per heavy atom. The van der Waals surface area contributed by atoms with Gasteiger partial charge in [0.2, 0.25) is 0 Å². The fourth-order valence-electron chi connectivity index (χ4n) is 3.48. The first-order chi connectivity index (χ1) is 12.1. The number of hydrogen-bond acceptors (Lipinski definition) is 6. The zero-order valence-electron chi connectivity index (χ0n) is 15.8. The molecule has 154 valence electrons. The fraction of sp³-hybridized carbons (Fsp3) is 0.611. The number of fused-ring (bicyclic) bond motifs is 3. The quantitative estimate of drug-likeness (QED) is 0.771. The van der Waals surface area contributed by atoms with Crippen LogP contribution in [0.4, 0.5) is 0 Å². The van der Waals surface area contributed by atoms with E-state index in [9.17, 15) is 4.79 Å². The lowest BCUT2D eigenvalue weighted by Gasteiger charge is -2.30. The molecule has 0 aromatic heterocycles. The van der Waals surface area contributed by atoms with Crippen molar-refractivity contribution in [1.29, 1.82) is 0 Å². The molecular formula is C18H29Cl2N3O4. The van der Waals surface area contributed by atoms with Crippen LogP contribution in [0, 0.1) is 5.92 Å². The first kappa shape index (κ1) is 23.8. The van der Waals surface area contributed by atoms with Crippen LogP contribution in [-0.2, 0) is 4.74 Å². The van der Waals surface area contributed by atoms with Crippen molar-refractivity contribution in [2.24, 2.45) is 11.7 Å². The van der Waals surface area contributed by atoms with E-state index >= 15 is 0 Å². The third-order valence-electron chi connectivity index (χ3n) is 4.82. The van der Waals surface area contributed by atoms with Crippen molar-refractivity contribution in [1.82, 2.24) is 9.80 Å². The lowest BCUT2D eigenvalue weighted by molar-refractivity contribution is 0.0431. The summed E-state index contributed by atoms with van der Waals surface area (Å²) in [6, 6.07) is 5.53. The molecule has 2 heterocycles. The zero-order chi connectivity index (χ0) is 17.8. The van der Waals surface area contributed by atoms with E-state index in [0.29, 0.717) is 62.4 Å². The van der Waals surface area contributed by atoms with Crippen molar-refractivity contribution >= 4 is 30.7 Å². The average molecular weight is 422 g/mol. The van der Waals surface area contributed by atoms with Crippen LogP contribution in [0.15, 0.2) is 18.2 Å². The van der Waals surface area contributed by atoms with Crippen LogP contribution in [0.1, 0.15) is 10.4 Å². The van der Waals surface area contributed by atoms with Crippen LogP contribution in [0.2, 0.25) is 0 Å². The summed E-state index contributed by atoms with van der Waals surface area (Å²) in [6.45, 7) is 4.42. The maximum Gasteiger partial charge on any atom is 0.257 e. The van der Waals surface area contributed by atoms with Crippen molar-refractivity contribution in [3.05, 3.63) is 23.8 Å². The summed E-state index contributed by atoms with van der Waals surface area (Å²) in [5, 5.41) is 0. The van der Waals surface area contributed by atoms with Gasteiger partial charge in [-0.05, 0) is 19.2 Å². The minimum Gasteiger partial charge on any atom is -0.497 e. The number of likely N-dealkylation sites (N-methyl/N-ethyl adjacent to an activating group) is 1. The number of amides is 1. The van der Waals surface area contributed by atoms with Gasteiger partial charge >= 0.3 is 0 Å². The minimum absolute atomic E-state index is 0. The lowest BCUT2D eigenvalue weighted by Crippen LogP contribution is -2.44. The summed E-state index contributed by atoms with van der Waals surface area (Å²) < 4.78 is 16.7. The predicted molar refractivity (Wildman–Crippen MR) is 109 cm³/mol. The van der Waals surface area contributed by atoms with Gasteiger partial charge in [0.05, 0.1) is 31.9 Å². The number of carbonyl (C=O) groups excluding carboxylic acids is 1. The Balaban J connectivity index is 0.00000182. The van der Waals surface area contributed by atoms with E-state index in [-0.39, 0.29) is 36.8 Å². The molecular weight excluding hydrogens is 393 g/mol. The highest BCUT2D eigenvalue weighted by Crippen LogP contribution is 2.28. The van der Waals surface area contributed by atoms with E-state index in [0.717, 1.165) is 6.54 Å². The number of hydrogen-bond donors (Lipinski definition) is 1. The molecule has 2 aliphatic rings. The fourth-order valence-corrected chi connectivity index (χ4v) is 3.48. The van der Waals surface area contributed by atoms with E-state index in [1.165, 1.54) is 0 Å². The number of benzene rings is 1. The van der Waals surface area contributed by atoms with Gasteiger partial charge < -0.3 is 24.8 Å². The number of nitrogens with two attached hydrogens (primary N) is 1. The Kier molecular flexibility index (Phi) is 9.62. The second-order valence-electron chi connectivity index (χ2n) is 6.71. The molecule has 1 amide bonds. The van der Waals surface area contributed by atoms with Crippen LogP contribution in [0.25, 0.3) is 0 Å². The molecule has 0 unspecified atom stereocenters. The molecule has 1 aromatic carbocycles. The van der Waals surface area contributed by atoms with Gasteiger partial charge in [-0.15, -0.1) is 24.8 Å². The Labute approximate surface area is 172 Å². The molecule has 2 N–H and O–H groups in total. The molecule has 27 heavy (non-hydrogen) atoms. The zero-order valence-corrected chi connectivity index (χ0v) is 17.4. The molecule has 9 heteroatoms. The van der Waals surface area contributed by atoms with Crippen molar-refractivity contribution in [3.8, 4) is 11.5 Å². The number of methoxy groups -OCH3 is 1. The second-order valence-corrected chi connectivity index (χ2v) is 6.71. The van der Waals surface area contributed by atoms with Crippen LogP contribution in [0.3, 0.4) is 0 Å².